The monoisotopic (exact) mass is 169 g/mol. The molecule has 0 saturated carbocycles. The lowest BCUT2D eigenvalue weighted by molar-refractivity contribution is -0.117. The quantitative estimate of drug-likeness (QED) is 0.611. The largest absolute Gasteiger partial charge is 0.370 e. The van der Waals surface area contributed by atoms with Crippen molar-refractivity contribution in [3.63, 3.8) is 0 Å². The zero-order chi connectivity index (χ0) is 8.97. The summed E-state index contributed by atoms with van der Waals surface area (Å²) in [4.78, 5) is 10.4. The van der Waals surface area contributed by atoms with Gasteiger partial charge in [-0.1, -0.05) is 5.21 Å². The average Bonchev–Trinajstić information content (AvgIpc) is 2.36. The summed E-state index contributed by atoms with van der Waals surface area (Å²) in [5.74, 6) is 0.453. The summed E-state index contributed by atoms with van der Waals surface area (Å²) in [6.07, 6.45) is 1.90. The number of rotatable bonds is 4. The highest BCUT2D eigenvalue weighted by Gasteiger charge is 1.98. The fourth-order valence-corrected chi connectivity index (χ4v) is 0.764. The van der Waals surface area contributed by atoms with E-state index in [1.54, 1.807) is 17.9 Å². The van der Waals surface area contributed by atoms with Crippen molar-refractivity contribution in [1.82, 2.24) is 15.0 Å². The fourth-order valence-electron chi connectivity index (χ4n) is 0.764. The molecule has 0 saturated heterocycles. The molecule has 0 atom stereocenters. The van der Waals surface area contributed by atoms with Gasteiger partial charge in [-0.25, -0.2) is 4.68 Å². The number of amides is 1. The van der Waals surface area contributed by atoms with Gasteiger partial charge in [0.05, 0.1) is 6.20 Å². The molecule has 1 rings (SSSR count). The Morgan fingerprint density at radius 3 is 3.08 bits per heavy atom. The van der Waals surface area contributed by atoms with Crippen LogP contribution in [-0.2, 0) is 11.8 Å². The van der Waals surface area contributed by atoms with E-state index in [2.05, 4.69) is 15.6 Å². The Hall–Kier alpha value is -1.59. The minimum atomic E-state index is -0.322. The second-order valence-corrected chi connectivity index (χ2v) is 2.39. The Labute approximate surface area is 69.7 Å². The maximum atomic E-state index is 10.4. The molecule has 0 aliphatic rings. The number of nitrogens with one attached hydrogen (secondary N) is 1. The van der Waals surface area contributed by atoms with Gasteiger partial charge in [-0.2, -0.15) is 0 Å². The van der Waals surface area contributed by atoms with Crippen LogP contribution in [0.5, 0.6) is 0 Å². The Bertz CT molecular complexity index is 269. The first kappa shape index (κ1) is 8.51. The van der Waals surface area contributed by atoms with E-state index >= 15 is 0 Å². The molecule has 0 aliphatic heterocycles. The first-order valence-electron chi connectivity index (χ1n) is 3.57. The maximum absolute atomic E-state index is 10.4. The van der Waals surface area contributed by atoms with E-state index in [9.17, 15) is 4.79 Å². The van der Waals surface area contributed by atoms with Gasteiger partial charge in [0, 0.05) is 20.0 Å². The average molecular weight is 169 g/mol. The van der Waals surface area contributed by atoms with Gasteiger partial charge in [0.1, 0.15) is 5.82 Å². The molecule has 1 aromatic rings. The molecule has 1 aromatic heterocycles. The van der Waals surface area contributed by atoms with Crippen molar-refractivity contribution in [1.29, 1.82) is 0 Å². The topological polar surface area (TPSA) is 85.8 Å². The zero-order valence-corrected chi connectivity index (χ0v) is 6.82. The Morgan fingerprint density at radius 1 is 1.83 bits per heavy atom. The number of carbonyl (C=O) groups excluding carboxylic acids is 1. The molecule has 0 bridgehead atoms. The molecule has 1 amide bonds. The van der Waals surface area contributed by atoms with Crippen LogP contribution in [0.15, 0.2) is 6.20 Å². The van der Waals surface area contributed by atoms with Crippen LogP contribution >= 0.6 is 0 Å². The number of anilines is 1. The molecule has 1 heterocycles. The summed E-state index contributed by atoms with van der Waals surface area (Å²) in [5, 5.41) is 10.3. The molecular formula is C6H11N5O. The molecular weight excluding hydrogens is 158 g/mol. The third kappa shape index (κ3) is 2.22. The highest BCUT2D eigenvalue weighted by atomic mass is 16.1. The highest BCUT2D eigenvalue weighted by molar-refractivity contribution is 5.74. The number of carbonyl (C=O) groups is 1. The van der Waals surface area contributed by atoms with Crippen molar-refractivity contribution < 1.29 is 4.79 Å². The lowest BCUT2D eigenvalue weighted by Crippen LogP contribution is -2.16. The van der Waals surface area contributed by atoms with E-state index in [1.165, 1.54) is 0 Å². The van der Waals surface area contributed by atoms with Crippen LogP contribution in [0.4, 0.5) is 5.82 Å². The first-order valence-corrected chi connectivity index (χ1v) is 3.57. The molecule has 0 fully saturated rings. The van der Waals surface area contributed by atoms with E-state index in [0.717, 1.165) is 5.82 Å². The van der Waals surface area contributed by atoms with Crippen molar-refractivity contribution >= 4 is 11.7 Å². The molecule has 6 heteroatoms. The van der Waals surface area contributed by atoms with Gasteiger partial charge in [0.2, 0.25) is 5.91 Å². The van der Waals surface area contributed by atoms with E-state index in [-0.39, 0.29) is 5.91 Å². The fraction of sp³-hybridized carbons (Fsp3) is 0.500. The summed E-state index contributed by atoms with van der Waals surface area (Å²) >= 11 is 0. The minimum absolute atomic E-state index is 0.311. The van der Waals surface area contributed by atoms with Crippen LogP contribution in [0.25, 0.3) is 0 Å². The summed E-state index contributed by atoms with van der Waals surface area (Å²) in [5.41, 5.74) is 4.95. The van der Waals surface area contributed by atoms with Gasteiger partial charge >= 0.3 is 0 Å². The third-order valence-electron chi connectivity index (χ3n) is 1.39. The van der Waals surface area contributed by atoms with Gasteiger partial charge in [0.25, 0.3) is 0 Å². The summed E-state index contributed by atoms with van der Waals surface area (Å²) in [7, 11) is 1.76. The van der Waals surface area contributed by atoms with Crippen LogP contribution in [0.2, 0.25) is 0 Å². The Morgan fingerprint density at radius 2 is 2.58 bits per heavy atom. The lowest BCUT2D eigenvalue weighted by atomic mass is 10.4. The highest BCUT2D eigenvalue weighted by Crippen LogP contribution is 1.99. The van der Waals surface area contributed by atoms with Crippen LogP contribution in [0.1, 0.15) is 6.42 Å². The summed E-state index contributed by atoms with van der Waals surface area (Å²) < 4.78 is 1.58. The summed E-state index contributed by atoms with van der Waals surface area (Å²) in [6.45, 7) is 0.510. The van der Waals surface area contributed by atoms with E-state index < -0.39 is 0 Å². The van der Waals surface area contributed by atoms with Crippen LogP contribution in [-0.4, -0.2) is 27.4 Å². The summed E-state index contributed by atoms with van der Waals surface area (Å²) in [6, 6.07) is 0. The van der Waals surface area contributed by atoms with Crippen molar-refractivity contribution in [2.75, 3.05) is 11.9 Å². The normalized spacial score (nSPS) is 9.75. The number of nitrogens with zero attached hydrogens (tertiary/aromatic N) is 3. The standard InChI is InChI=1S/C6H11N5O/c1-11-6(4-9-10-11)8-3-2-5(7)12/h4,8H,2-3H2,1H3,(H2,7,12). The number of hydrogen-bond donors (Lipinski definition) is 2. The predicted molar refractivity (Wildman–Crippen MR) is 43.3 cm³/mol. The number of hydrogen-bond acceptors (Lipinski definition) is 4. The molecule has 3 N–H and O–H groups in total. The Kier molecular flexibility index (Phi) is 2.62. The predicted octanol–water partition coefficient (Wildman–Crippen LogP) is -0.898. The molecule has 66 valence electrons. The zero-order valence-electron chi connectivity index (χ0n) is 6.82. The van der Waals surface area contributed by atoms with Gasteiger partial charge in [-0.15, -0.1) is 5.10 Å². The number of primary amides is 1. The molecule has 12 heavy (non-hydrogen) atoms. The van der Waals surface area contributed by atoms with Gasteiger partial charge in [-0.3, -0.25) is 4.79 Å². The number of aryl methyl sites for hydroxylation is 1. The second-order valence-electron chi connectivity index (χ2n) is 2.39. The van der Waals surface area contributed by atoms with Crippen molar-refractivity contribution in [3.05, 3.63) is 6.20 Å². The van der Waals surface area contributed by atoms with Crippen LogP contribution in [0.3, 0.4) is 0 Å². The van der Waals surface area contributed by atoms with E-state index in [1.807, 2.05) is 0 Å². The van der Waals surface area contributed by atoms with Gasteiger partial charge in [0.15, 0.2) is 0 Å². The lowest BCUT2D eigenvalue weighted by Gasteiger charge is -2.02. The third-order valence-corrected chi connectivity index (χ3v) is 1.39. The maximum Gasteiger partial charge on any atom is 0.219 e. The van der Waals surface area contributed by atoms with Crippen molar-refractivity contribution in [2.45, 2.75) is 6.42 Å². The second kappa shape index (κ2) is 3.70. The Balaban J connectivity index is 2.33. The molecule has 0 unspecified atom stereocenters. The van der Waals surface area contributed by atoms with E-state index in [4.69, 9.17) is 5.73 Å². The number of aromatic nitrogens is 3. The molecule has 0 aliphatic carbocycles. The SMILES string of the molecule is Cn1nncc1NCCC(N)=O. The van der Waals surface area contributed by atoms with Gasteiger partial charge in [-0.05, 0) is 0 Å². The first-order chi connectivity index (χ1) is 5.70. The van der Waals surface area contributed by atoms with Crippen LogP contribution < -0.4 is 11.1 Å². The molecule has 0 radical (unpaired) electrons. The molecule has 0 spiro atoms. The van der Waals surface area contributed by atoms with Crippen LogP contribution in [0, 0.1) is 0 Å². The van der Waals surface area contributed by atoms with E-state index in [0.29, 0.717) is 13.0 Å². The van der Waals surface area contributed by atoms with Crippen molar-refractivity contribution in [3.8, 4) is 0 Å². The van der Waals surface area contributed by atoms with Crippen molar-refractivity contribution in [2.24, 2.45) is 12.8 Å². The molecule has 0 aromatic carbocycles. The smallest absolute Gasteiger partial charge is 0.219 e. The minimum Gasteiger partial charge on any atom is -0.370 e. The molecule has 6 nitrogen and oxygen atoms in total. The van der Waals surface area contributed by atoms with Gasteiger partial charge < -0.3 is 11.1 Å². The number of nitrogens with two attached hydrogens (primary N) is 1.